The molecule has 2 aromatic heterocycles. The summed E-state index contributed by atoms with van der Waals surface area (Å²) in [5.74, 6) is 7.38. The summed E-state index contributed by atoms with van der Waals surface area (Å²) in [4.78, 5) is 0. The van der Waals surface area contributed by atoms with Crippen LogP contribution in [0, 0.1) is 0 Å². The van der Waals surface area contributed by atoms with Crippen molar-refractivity contribution in [2.75, 3.05) is 5.43 Å². The van der Waals surface area contributed by atoms with E-state index in [4.69, 9.17) is 5.84 Å². The van der Waals surface area contributed by atoms with Crippen LogP contribution in [-0.4, -0.2) is 19.8 Å². The first-order valence-corrected chi connectivity index (χ1v) is 4.57. The van der Waals surface area contributed by atoms with E-state index in [1.165, 1.54) is 12.8 Å². The number of hydrazine groups is 1. The Labute approximate surface area is 80.1 Å². The van der Waals surface area contributed by atoms with Crippen molar-refractivity contribution in [1.82, 2.24) is 19.8 Å². The number of nitrogens with zero attached hydrogens (tertiary/aromatic N) is 4. The summed E-state index contributed by atoms with van der Waals surface area (Å²) in [5.41, 5.74) is 3.28. The van der Waals surface area contributed by atoms with Gasteiger partial charge in [0.05, 0.1) is 0 Å². The maximum Gasteiger partial charge on any atom is 0.178 e. The molecular formula is C8H10N6. The highest BCUT2D eigenvalue weighted by molar-refractivity contribution is 5.43. The maximum atomic E-state index is 5.28. The average molecular weight is 190 g/mol. The predicted octanol–water partition coefficient (Wildman–Crippen LogP) is 0.287. The molecule has 0 amide bonds. The van der Waals surface area contributed by atoms with Gasteiger partial charge in [0.15, 0.2) is 17.3 Å². The van der Waals surface area contributed by atoms with Crippen LogP contribution in [0.4, 0.5) is 5.82 Å². The molecule has 0 radical (unpaired) electrons. The Morgan fingerprint density at radius 1 is 1.36 bits per heavy atom. The van der Waals surface area contributed by atoms with E-state index in [9.17, 15) is 0 Å². The second kappa shape index (κ2) is 2.65. The molecule has 0 atom stereocenters. The van der Waals surface area contributed by atoms with Crippen LogP contribution in [0.2, 0.25) is 0 Å². The van der Waals surface area contributed by atoms with Crippen molar-refractivity contribution in [2.24, 2.45) is 5.84 Å². The highest BCUT2D eigenvalue weighted by atomic mass is 15.4. The van der Waals surface area contributed by atoms with Crippen molar-refractivity contribution >= 4 is 11.5 Å². The minimum Gasteiger partial charge on any atom is -0.307 e. The largest absolute Gasteiger partial charge is 0.307 e. The van der Waals surface area contributed by atoms with Gasteiger partial charge in [-0.2, -0.15) is 4.52 Å². The SMILES string of the molecule is NNc1ccc2nnc(C3CC3)n2n1. The van der Waals surface area contributed by atoms with Crippen molar-refractivity contribution < 1.29 is 0 Å². The summed E-state index contributed by atoms with van der Waals surface area (Å²) in [6, 6.07) is 3.63. The monoisotopic (exact) mass is 190 g/mol. The molecule has 1 saturated carbocycles. The minimum atomic E-state index is 0.533. The first kappa shape index (κ1) is 7.69. The molecule has 6 heteroatoms. The number of fused-ring (bicyclic) bond motifs is 1. The van der Waals surface area contributed by atoms with Gasteiger partial charge >= 0.3 is 0 Å². The number of anilines is 1. The van der Waals surface area contributed by atoms with E-state index in [-0.39, 0.29) is 0 Å². The number of nitrogens with one attached hydrogen (secondary N) is 1. The first-order chi connectivity index (χ1) is 6.88. The van der Waals surface area contributed by atoms with Gasteiger partial charge in [0, 0.05) is 5.92 Å². The molecule has 2 aromatic rings. The fraction of sp³-hybridized carbons (Fsp3) is 0.375. The van der Waals surface area contributed by atoms with Crippen molar-refractivity contribution in [1.29, 1.82) is 0 Å². The number of hydrogen-bond donors (Lipinski definition) is 2. The number of rotatable bonds is 2. The summed E-state index contributed by atoms with van der Waals surface area (Å²) in [6.45, 7) is 0. The van der Waals surface area contributed by atoms with Crippen LogP contribution in [-0.2, 0) is 0 Å². The topological polar surface area (TPSA) is 81.1 Å². The minimum absolute atomic E-state index is 0.533. The standard InChI is InChI=1S/C8H10N6/c9-10-6-3-4-7-11-12-8(5-1-2-5)14(7)13-6/h3-5H,1-2,9H2,(H,10,13). The van der Waals surface area contributed by atoms with Crippen LogP contribution in [0.1, 0.15) is 24.6 Å². The summed E-state index contributed by atoms with van der Waals surface area (Å²) < 4.78 is 1.76. The van der Waals surface area contributed by atoms with Gasteiger partial charge in [-0.1, -0.05) is 0 Å². The zero-order chi connectivity index (χ0) is 9.54. The Bertz CT molecular complexity index is 472. The molecule has 3 N–H and O–H groups in total. The van der Waals surface area contributed by atoms with Crippen molar-refractivity contribution in [3.05, 3.63) is 18.0 Å². The number of hydrogen-bond acceptors (Lipinski definition) is 5. The molecule has 3 rings (SSSR count). The lowest BCUT2D eigenvalue weighted by molar-refractivity contribution is 0.816. The van der Waals surface area contributed by atoms with Crippen LogP contribution >= 0.6 is 0 Å². The summed E-state index contributed by atoms with van der Waals surface area (Å²) in [6.07, 6.45) is 2.37. The Hall–Kier alpha value is -1.69. The Morgan fingerprint density at radius 2 is 2.21 bits per heavy atom. The van der Waals surface area contributed by atoms with E-state index in [2.05, 4.69) is 20.7 Å². The molecule has 1 aliphatic rings. The van der Waals surface area contributed by atoms with Crippen LogP contribution in [0.15, 0.2) is 12.1 Å². The lowest BCUT2D eigenvalue weighted by Gasteiger charge is -1.99. The molecule has 0 spiro atoms. The molecule has 2 heterocycles. The zero-order valence-electron chi connectivity index (χ0n) is 7.51. The Kier molecular flexibility index (Phi) is 1.45. The second-order valence-corrected chi connectivity index (χ2v) is 3.47. The quantitative estimate of drug-likeness (QED) is 0.525. The molecule has 0 unspecified atom stereocenters. The highest BCUT2D eigenvalue weighted by Gasteiger charge is 2.29. The van der Waals surface area contributed by atoms with E-state index >= 15 is 0 Å². The molecule has 1 aliphatic carbocycles. The maximum absolute atomic E-state index is 5.28. The van der Waals surface area contributed by atoms with Crippen molar-refractivity contribution in [3.8, 4) is 0 Å². The van der Waals surface area contributed by atoms with Gasteiger partial charge in [-0.25, -0.2) is 5.84 Å². The van der Waals surface area contributed by atoms with Crippen LogP contribution in [0.25, 0.3) is 5.65 Å². The van der Waals surface area contributed by atoms with E-state index in [0.717, 1.165) is 11.5 Å². The molecule has 0 bridgehead atoms. The second-order valence-electron chi connectivity index (χ2n) is 3.47. The predicted molar refractivity (Wildman–Crippen MR) is 50.6 cm³/mol. The normalized spacial score (nSPS) is 16.1. The molecule has 14 heavy (non-hydrogen) atoms. The van der Waals surface area contributed by atoms with E-state index in [1.807, 2.05) is 6.07 Å². The third kappa shape index (κ3) is 1.04. The van der Waals surface area contributed by atoms with Crippen molar-refractivity contribution in [2.45, 2.75) is 18.8 Å². The van der Waals surface area contributed by atoms with Gasteiger partial charge < -0.3 is 5.43 Å². The molecule has 72 valence electrons. The third-order valence-electron chi connectivity index (χ3n) is 2.38. The number of nitrogens with two attached hydrogens (primary N) is 1. The van der Waals surface area contributed by atoms with E-state index < -0.39 is 0 Å². The molecular weight excluding hydrogens is 180 g/mol. The third-order valence-corrected chi connectivity index (χ3v) is 2.38. The van der Waals surface area contributed by atoms with Gasteiger partial charge in [0.1, 0.15) is 0 Å². The molecule has 1 fully saturated rings. The highest BCUT2D eigenvalue weighted by Crippen LogP contribution is 2.38. The average Bonchev–Trinajstić information content (AvgIpc) is 2.98. The van der Waals surface area contributed by atoms with Crippen LogP contribution < -0.4 is 11.3 Å². The summed E-state index contributed by atoms with van der Waals surface area (Å²) >= 11 is 0. The smallest absolute Gasteiger partial charge is 0.178 e. The fourth-order valence-corrected chi connectivity index (χ4v) is 1.48. The van der Waals surface area contributed by atoms with Crippen LogP contribution in [0.5, 0.6) is 0 Å². The molecule has 0 aliphatic heterocycles. The first-order valence-electron chi connectivity index (χ1n) is 4.57. The van der Waals surface area contributed by atoms with E-state index in [0.29, 0.717) is 11.7 Å². The number of nitrogen functional groups attached to an aromatic ring is 1. The fourth-order valence-electron chi connectivity index (χ4n) is 1.48. The Balaban J connectivity index is 2.20. The van der Waals surface area contributed by atoms with Gasteiger partial charge in [-0.05, 0) is 25.0 Å². The van der Waals surface area contributed by atoms with E-state index in [1.54, 1.807) is 10.6 Å². The van der Waals surface area contributed by atoms with Gasteiger partial charge in [0.25, 0.3) is 0 Å². The summed E-state index contributed by atoms with van der Waals surface area (Å²) in [5, 5.41) is 12.4. The summed E-state index contributed by atoms with van der Waals surface area (Å²) in [7, 11) is 0. The van der Waals surface area contributed by atoms with Crippen molar-refractivity contribution in [3.63, 3.8) is 0 Å². The van der Waals surface area contributed by atoms with Gasteiger partial charge in [-0.3, -0.25) is 0 Å². The van der Waals surface area contributed by atoms with Gasteiger partial charge in [0.2, 0.25) is 0 Å². The zero-order valence-corrected chi connectivity index (χ0v) is 7.51. The lowest BCUT2D eigenvalue weighted by Crippen LogP contribution is -2.10. The molecule has 0 saturated heterocycles. The molecule has 0 aromatic carbocycles. The van der Waals surface area contributed by atoms with Crippen LogP contribution in [0.3, 0.4) is 0 Å². The lowest BCUT2D eigenvalue weighted by atomic mass is 10.4. The van der Waals surface area contributed by atoms with Gasteiger partial charge in [-0.15, -0.1) is 15.3 Å². The molecule has 6 nitrogen and oxygen atoms in total. The Morgan fingerprint density at radius 3 is 2.93 bits per heavy atom. The number of aromatic nitrogens is 4.